The van der Waals surface area contributed by atoms with E-state index in [1.54, 1.807) is 53.4 Å². The highest BCUT2D eigenvalue weighted by molar-refractivity contribution is 6.30. The zero-order valence-electron chi connectivity index (χ0n) is 14.7. The summed E-state index contributed by atoms with van der Waals surface area (Å²) < 4.78 is 0. The Kier molecular flexibility index (Phi) is 4.60. The molecule has 1 saturated heterocycles. The maximum absolute atomic E-state index is 12.4. The van der Waals surface area contributed by atoms with Gasteiger partial charge in [0.25, 0.3) is 11.8 Å². The molecular weight excluding hydrogens is 382 g/mol. The van der Waals surface area contributed by atoms with Gasteiger partial charge < -0.3 is 10.2 Å². The predicted octanol–water partition coefficient (Wildman–Crippen LogP) is 1.86. The van der Waals surface area contributed by atoms with Crippen LogP contribution in [0.1, 0.15) is 27.1 Å². The molecule has 0 radical (unpaired) electrons. The van der Waals surface area contributed by atoms with E-state index in [1.807, 2.05) is 0 Å². The summed E-state index contributed by atoms with van der Waals surface area (Å²) in [5.41, 5.74) is 1.29. The number of carbonyl (C=O) groups is 4. The molecule has 1 unspecified atom stereocenters. The largest absolute Gasteiger partial charge is 0.349 e. The maximum Gasteiger partial charge on any atom is 0.262 e. The van der Waals surface area contributed by atoms with Gasteiger partial charge in [-0.3, -0.25) is 24.1 Å². The maximum atomic E-state index is 12.4. The molecule has 2 aliphatic rings. The van der Waals surface area contributed by atoms with Gasteiger partial charge in [0.1, 0.15) is 6.54 Å². The number of carbonyl (C=O) groups excluding carboxylic acids is 4. The van der Waals surface area contributed by atoms with Gasteiger partial charge in [-0.15, -0.1) is 0 Å². The summed E-state index contributed by atoms with van der Waals surface area (Å²) in [6.45, 7) is -0.0632. The summed E-state index contributed by atoms with van der Waals surface area (Å²) in [6, 6.07) is 12.9. The number of hydrogen-bond donors (Lipinski definition) is 1. The molecule has 0 spiro atoms. The molecule has 2 heterocycles. The first kappa shape index (κ1) is 18.2. The Morgan fingerprint density at radius 3 is 2.21 bits per heavy atom. The van der Waals surface area contributed by atoms with Crippen LogP contribution in [0.4, 0.5) is 5.69 Å². The van der Waals surface area contributed by atoms with E-state index in [4.69, 9.17) is 11.6 Å². The average molecular weight is 398 g/mol. The van der Waals surface area contributed by atoms with Crippen molar-refractivity contribution < 1.29 is 19.2 Å². The molecule has 0 aliphatic carbocycles. The van der Waals surface area contributed by atoms with Crippen molar-refractivity contribution in [1.29, 1.82) is 0 Å². The van der Waals surface area contributed by atoms with Crippen LogP contribution in [0.15, 0.2) is 48.5 Å². The van der Waals surface area contributed by atoms with Crippen LogP contribution in [0.2, 0.25) is 5.02 Å². The second-order valence-corrected chi connectivity index (χ2v) is 7.13. The lowest BCUT2D eigenvalue weighted by Crippen LogP contribution is -2.44. The zero-order chi connectivity index (χ0) is 19.8. The van der Waals surface area contributed by atoms with Gasteiger partial charge in [0, 0.05) is 23.7 Å². The molecule has 2 aromatic carbocycles. The van der Waals surface area contributed by atoms with E-state index < -0.39 is 23.8 Å². The highest BCUT2D eigenvalue weighted by Gasteiger charge is 2.37. The molecule has 4 amide bonds. The van der Waals surface area contributed by atoms with E-state index in [-0.39, 0.29) is 18.9 Å². The molecule has 7 nitrogen and oxygen atoms in total. The van der Waals surface area contributed by atoms with Gasteiger partial charge in [0.05, 0.1) is 17.2 Å². The van der Waals surface area contributed by atoms with E-state index >= 15 is 0 Å². The predicted molar refractivity (Wildman–Crippen MR) is 102 cm³/mol. The standard InChI is InChI=1S/C20H16ClN3O4/c21-12-5-7-14(8-6-12)23-10-13(9-18(23)26)22-17(25)11-24-19(27)15-3-1-2-4-16(15)20(24)28/h1-8,13H,9-11H2,(H,22,25). The fourth-order valence-corrected chi connectivity index (χ4v) is 3.60. The topological polar surface area (TPSA) is 86.8 Å². The van der Waals surface area contributed by atoms with E-state index in [1.165, 1.54) is 0 Å². The van der Waals surface area contributed by atoms with Gasteiger partial charge in [-0.1, -0.05) is 23.7 Å². The number of hydrogen-bond acceptors (Lipinski definition) is 4. The molecule has 2 aliphatic heterocycles. The van der Waals surface area contributed by atoms with Gasteiger partial charge >= 0.3 is 0 Å². The molecular formula is C20H16ClN3O4. The van der Waals surface area contributed by atoms with Crippen LogP contribution in [-0.2, 0) is 9.59 Å². The van der Waals surface area contributed by atoms with Gasteiger partial charge in [-0.2, -0.15) is 0 Å². The molecule has 0 aromatic heterocycles. The highest BCUT2D eigenvalue weighted by Crippen LogP contribution is 2.24. The third kappa shape index (κ3) is 3.25. The van der Waals surface area contributed by atoms with Crippen molar-refractivity contribution >= 4 is 40.9 Å². The number of anilines is 1. The molecule has 1 fully saturated rings. The highest BCUT2D eigenvalue weighted by atomic mass is 35.5. The van der Waals surface area contributed by atoms with Crippen LogP contribution in [0.25, 0.3) is 0 Å². The molecule has 142 valence electrons. The van der Waals surface area contributed by atoms with Crippen molar-refractivity contribution in [1.82, 2.24) is 10.2 Å². The second kappa shape index (κ2) is 7.09. The lowest BCUT2D eigenvalue weighted by Gasteiger charge is -2.18. The molecule has 4 rings (SSSR count). The van der Waals surface area contributed by atoms with Crippen LogP contribution in [-0.4, -0.2) is 47.7 Å². The first-order valence-corrected chi connectivity index (χ1v) is 9.12. The Hall–Kier alpha value is -3.19. The number of amides is 4. The normalized spacial score (nSPS) is 18.6. The summed E-state index contributed by atoms with van der Waals surface area (Å²) in [5, 5.41) is 3.31. The van der Waals surface area contributed by atoms with E-state index in [9.17, 15) is 19.2 Å². The summed E-state index contributed by atoms with van der Waals surface area (Å²) in [4.78, 5) is 51.9. The molecule has 2 aromatic rings. The average Bonchev–Trinajstić information content (AvgIpc) is 3.15. The third-order valence-corrected chi connectivity index (χ3v) is 5.06. The molecule has 0 bridgehead atoms. The number of halogens is 1. The minimum Gasteiger partial charge on any atom is -0.349 e. The number of nitrogens with zero attached hydrogens (tertiary/aromatic N) is 2. The molecule has 1 N–H and O–H groups in total. The van der Waals surface area contributed by atoms with E-state index in [2.05, 4.69) is 5.32 Å². The Balaban J connectivity index is 1.39. The number of rotatable bonds is 4. The van der Waals surface area contributed by atoms with Crippen molar-refractivity contribution in [3.63, 3.8) is 0 Å². The number of benzene rings is 2. The van der Waals surface area contributed by atoms with Gasteiger partial charge in [-0.05, 0) is 36.4 Å². The third-order valence-electron chi connectivity index (χ3n) is 4.81. The smallest absolute Gasteiger partial charge is 0.262 e. The van der Waals surface area contributed by atoms with Crippen LogP contribution < -0.4 is 10.2 Å². The number of fused-ring (bicyclic) bond motifs is 1. The summed E-state index contributed by atoms with van der Waals surface area (Å²) in [6.07, 6.45) is 0.149. The quantitative estimate of drug-likeness (QED) is 0.798. The van der Waals surface area contributed by atoms with Crippen LogP contribution >= 0.6 is 11.6 Å². The SMILES string of the molecule is O=C(CN1C(=O)c2ccccc2C1=O)NC1CC(=O)N(c2ccc(Cl)cc2)C1. The first-order chi connectivity index (χ1) is 13.4. The second-order valence-electron chi connectivity index (χ2n) is 6.69. The van der Waals surface area contributed by atoms with E-state index in [0.717, 1.165) is 4.90 Å². The fraction of sp³-hybridized carbons (Fsp3) is 0.200. The fourth-order valence-electron chi connectivity index (χ4n) is 3.47. The lowest BCUT2D eigenvalue weighted by molar-refractivity contribution is -0.122. The summed E-state index contributed by atoms with van der Waals surface area (Å²) in [7, 11) is 0. The Morgan fingerprint density at radius 1 is 1.00 bits per heavy atom. The zero-order valence-corrected chi connectivity index (χ0v) is 15.5. The van der Waals surface area contributed by atoms with Gasteiger partial charge in [0.15, 0.2) is 0 Å². The van der Waals surface area contributed by atoms with Crippen LogP contribution in [0.5, 0.6) is 0 Å². The van der Waals surface area contributed by atoms with Crippen LogP contribution in [0, 0.1) is 0 Å². The molecule has 8 heteroatoms. The summed E-state index contributed by atoms with van der Waals surface area (Å²) >= 11 is 5.87. The number of imide groups is 1. The van der Waals surface area contributed by atoms with Crippen molar-refractivity contribution in [3.8, 4) is 0 Å². The van der Waals surface area contributed by atoms with Crippen molar-refractivity contribution in [2.24, 2.45) is 0 Å². The Morgan fingerprint density at radius 2 is 1.61 bits per heavy atom. The Labute approximate surface area is 165 Å². The first-order valence-electron chi connectivity index (χ1n) is 8.74. The van der Waals surface area contributed by atoms with Crippen molar-refractivity contribution in [3.05, 3.63) is 64.7 Å². The minimum absolute atomic E-state index is 0.117. The van der Waals surface area contributed by atoms with E-state index in [0.29, 0.717) is 28.4 Å². The summed E-state index contributed by atoms with van der Waals surface area (Å²) in [5.74, 6) is -1.57. The van der Waals surface area contributed by atoms with Gasteiger partial charge in [-0.25, -0.2) is 0 Å². The molecule has 28 heavy (non-hydrogen) atoms. The monoisotopic (exact) mass is 397 g/mol. The van der Waals surface area contributed by atoms with Crippen LogP contribution in [0.3, 0.4) is 0 Å². The molecule has 0 saturated carbocycles. The molecule has 1 atom stereocenters. The number of nitrogens with one attached hydrogen (secondary N) is 1. The van der Waals surface area contributed by atoms with Gasteiger partial charge in [0.2, 0.25) is 11.8 Å². The van der Waals surface area contributed by atoms with Crippen molar-refractivity contribution in [2.45, 2.75) is 12.5 Å². The minimum atomic E-state index is -0.485. The van der Waals surface area contributed by atoms with Crippen molar-refractivity contribution in [2.75, 3.05) is 18.0 Å². The lowest BCUT2D eigenvalue weighted by atomic mass is 10.1. The Bertz CT molecular complexity index is 954.